The molecule has 3 aromatic carbocycles. The number of fused-ring (bicyclic) bond motifs is 1. The topological polar surface area (TPSA) is 171 Å². The molecule has 0 unspecified atom stereocenters. The van der Waals surface area contributed by atoms with Gasteiger partial charge in [0.05, 0.1) is 21.4 Å². The van der Waals surface area contributed by atoms with Crippen LogP contribution >= 0.6 is 23.2 Å². The van der Waals surface area contributed by atoms with Crippen LogP contribution in [0.3, 0.4) is 0 Å². The third-order valence-electron chi connectivity index (χ3n) is 4.94. The van der Waals surface area contributed by atoms with Crippen molar-refractivity contribution in [1.82, 2.24) is 9.78 Å². The number of nitrogens with zero attached hydrogens (tertiary/aromatic N) is 3. The van der Waals surface area contributed by atoms with E-state index in [2.05, 4.69) is 15.3 Å². The van der Waals surface area contributed by atoms with Crippen molar-refractivity contribution in [3.05, 3.63) is 74.6 Å². The molecule has 0 spiro atoms. The molecule has 0 fully saturated rings. The Balaban J connectivity index is 1.84. The number of hydrogen-bond donors (Lipinski definition) is 3. The van der Waals surface area contributed by atoms with Crippen LogP contribution in [0, 0.1) is 6.92 Å². The quantitative estimate of drug-likeness (QED) is 0.233. The Morgan fingerprint density at radius 3 is 2.26 bits per heavy atom. The van der Waals surface area contributed by atoms with E-state index in [1.54, 1.807) is 24.3 Å². The summed E-state index contributed by atoms with van der Waals surface area (Å²) in [4.78, 5) is 11.9. The molecule has 35 heavy (non-hydrogen) atoms. The number of benzene rings is 3. The summed E-state index contributed by atoms with van der Waals surface area (Å²) in [5.41, 5.74) is -1.01. The van der Waals surface area contributed by atoms with E-state index in [4.69, 9.17) is 23.2 Å². The fourth-order valence-electron chi connectivity index (χ4n) is 3.40. The van der Waals surface area contributed by atoms with Crippen LogP contribution in [0.25, 0.3) is 16.5 Å². The van der Waals surface area contributed by atoms with Gasteiger partial charge in [-0.3, -0.25) is 19.0 Å². The second-order valence-electron chi connectivity index (χ2n) is 7.25. The van der Waals surface area contributed by atoms with E-state index in [1.165, 1.54) is 19.1 Å². The maximum Gasteiger partial charge on any atom is 0.299 e. The molecule has 0 radical (unpaired) electrons. The predicted molar refractivity (Wildman–Crippen MR) is 129 cm³/mol. The summed E-state index contributed by atoms with van der Waals surface area (Å²) in [6, 6.07) is 11.3. The van der Waals surface area contributed by atoms with Crippen molar-refractivity contribution in [2.75, 3.05) is 0 Å². The van der Waals surface area contributed by atoms with E-state index in [1.807, 2.05) is 0 Å². The van der Waals surface area contributed by atoms with Gasteiger partial charge in [0.1, 0.15) is 15.5 Å². The monoisotopic (exact) mass is 556 g/mol. The highest BCUT2D eigenvalue weighted by Gasteiger charge is 2.22. The maximum atomic E-state index is 13.0. The van der Waals surface area contributed by atoms with Gasteiger partial charge in [0.25, 0.3) is 25.8 Å². The third-order valence-corrected chi connectivity index (χ3v) is 7.50. The SMILES string of the molecule is Cc1[nH]n(-c2cc(Cl)c(S(=O)(=O)O)cc2Cl)c(=O)c1N=Nc1ccc2ccccc2c1S(=O)(=O)O. The highest BCUT2D eigenvalue weighted by Crippen LogP contribution is 2.34. The Morgan fingerprint density at radius 2 is 1.60 bits per heavy atom. The van der Waals surface area contributed by atoms with Crippen molar-refractivity contribution in [3.63, 3.8) is 0 Å². The number of rotatable bonds is 5. The number of aromatic amines is 1. The second-order valence-corrected chi connectivity index (χ2v) is 10.8. The van der Waals surface area contributed by atoms with Gasteiger partial charge in [0, 0.05) is 5.39 Å². The van der Waals surface area contributed by atoms with E-state index < -0.39 is 35.6 Å². The van der Waals surface area contributed by atoms with E-state index in [0.717, 1.165) is 16.8 Å². The lowest BCUT2D eigenvalue weighted by Gasteiger charge is -2.08. The molecule has 0 saturated heterocycles. The highest BCUT2D eigenvalue weighted by atomic mass is 35.5. The van der Waals surface area contributed by atoms with Gasteiger partial charge in [0.15, 0.2) is 5.69 Å². The summed E-state index contributed by atoms with van der Waals surface area (Å²) >= 11 is 12.0. The average molecular weight is 557 g/mol. The number of aryl methyl sites for hydroxylation is 1. The molecular weight excluding hydrogens is 543 g/mol. The van der Waals surface area contributed by atoms with Crippen molar-refractivity contribution in [3.8, 4) is 5.69 Å². The molecular formula is C20H14Cl2N4O7S2. The Labute approximate surface area is 208 Å². The molecule has 0 bridgehead atoms. The first-order chi connectivity index (χ1) is 16.3. The zero-order valence-corrected chi connectivity index (χ0v) is 20.6. The van der Waals surface area contributed by atoms with E-state index in [9.17, 15) is 30.7 Å². The van der Waals surface area contributed by atoms with Gasteiger partial charge in [-0.1, -0.05) is 53.5 Å². The lowest BCUT2D eigenvalue weighted by molar-refractivity contribution is 0.481. The lowest BCUT2D eigenvalue weighted by Crippen LogP contribution is -2.15. The molecule has 0 aliphatic heterocycles. The fraction of sp³-hybridized carbons (Fsp3) is 0.0500. The van der Waals surface area contributed by atoms with E-state index in [-0.39, 0.29) is 38.2 Å². The minimum absolute atomic E-state index is 0.0389. The van der Waals surface area contributed by atoms with Gasteiger partial charge in [-0.2, -0.15) is 16.8 Å². The first-order valence-electron chi connectivity index (χ1n) is 9.48. The fourth-order valence-corrected chi connectivity index (χ4v) is 5.57. The van der Waals surface area contributed by atoms with Crippen LogP contribution in [0.2, 0.25) is 10.0 Å². The summed E-state index contributed by atoms with van der Waals surface area (Å²) in [7, 11) is -9.35. The molecule has 1 aromatic heterocycles. The van der Waals surface area contributed by atoms with Gasteiger partial charge in [-0.25, -0.2) is 4.68 Å². The summed E-state index contributed by atoms with van der Waals surface area (Å²) < 4.78 is 66.9. The number of aromatic nitrogens is 2. The summed E-state index contributed by atoms with van der Waals surface area (Å²) in [6.45, 7) is 1.48. The zero-order valence-electron chi connectivity index (χ0n) is 17.5. The van der Waals surface area contributed by atoms with Crippen LogP contribution in [0.5, 0.6) is 0 Å². The van der Waals surface area contributed by atoms with Crippen molar-refractivity contribution < 1.29 is 25.9 Å². The van der Waals surface area contributed by atoms with Crippen molar-refractivity contribution in [2.45, 2.75) is 16.7 Å². The molecule has 182 valence electrons. The minimum Gasteiger partial charge on any atom is -0.293 e. The Kier molecular flexibility index (Phi) is 6.34. The number of H-pyrrole nitrogens is 1. The van der Waals surface area contributed by atoms with Crippen LogP contribution in [0.1, 0.15) is 5.69 Å². The molecule has 0 aliphatic rings. The first-order valence-corrected chi connectivity index (χ1v) is 13.1. The maximum absolute atomic E-state index is 13.0. The number of halogens is 2. The van der Waals surface area contributed by atoms with Crippen LogP contribution in [-0.4, -0.2) is 35.7 Å². The number of azo groups is 1. The third kappa shape index (κ3) is 4.74. The molecule has 0 saturated carbocycles. The predicted octanol–water partition coefficient (Wildman–Crippen LogP) is 4.84. The molecule has 0 aliphatic carbocycles. The Hall–Kier alpha value is -3.07. The van der Waals surface area contributed by atoms with Crippen LogP contribution in [0.4, 0.5) is 11.4 Å². The van der Waals surface area contributed by atoms with Crippen molar-refractivity contribution in [1.29, 1.82) is 0 Å². The van der Waals surface area contributed by atoms with E-state index in [0.29, 0.717) is 5.39 Å². The molecule has 4 aromatic rings. The lowest BCUT2D eigenvalue weighted by atomic mass is 10.1. The Bertz CT molecular complexity index is 1810. The Morgan fingerprint density at radius 1 is 0.914 bits per heavy atom. The first kappa shape index (κ1) is 25.0. The van der Waals surface area contributed by atoms with Gasteiger partial charge in [-0.15, -0.1) is 10.2 Å². The highest BCUT2D eigenvalue weighted by molar-refractivity contribution is 7.86. The summed E-state index contributed by atoms with van der Waals surface area (Å²) in [6.07, 6.45) is 0. The van der Waals surface area contributed by atoms with E-state index >= 15 is 0 Å². The second kappa shape index (κ2) is 8.86. The molecule has 0 amide bonds. The molecule has 11 nitrogen and oxygen atoms in total. The molecule has 4 rings (SSSR count). The largest absolute Gasteiger partial charge is 0.299 e. The van der Waals surface area contributed by atoms with Crippen molar-refractivity contribution >= 4 is 65.6 Å². The minimum atomic E-state index is -4.70. The van der Waals surface area contributed by atoms with Crippen LogP contribution < -0.4 is 5.56 Å². The normalized spacial score (nSPS) is 12.6. The molecule has 3 N–H and O–H groups in total. The smallest absolute Gasteiger partial charge is 0.293 e. The van der Waals surface area contributed by atoms with Gasteiger partial charge in [-0.05, 0) is 30.5 Å². The van der Waals surface area contributed by atoms with Crippen LogP contribution in [-0.2, 0) is 20.2 Å². The number of nitrogens with one attached hydrogen (secondary N) is 1. The zero-order chi connectivity index (χ0) is 25.7. The number of hydrogen-bond acceptors (Lipinski definition) is 7. The molecule has 15 heteroatoms. The van der Waals surface area contributed by atoms with Gasteiger partial charge < -0.3 is 0 Å². The van der Waals surface area contributed by atoms with Crippen LogP contribution in [0.15, 0.2) is 73.3 Å². The van der Waals surface area contributed by atoms with Gasteiger partial charge >= 0.3 is 0 Å². The average Bonchev–Trinajstić information content (AvgIpc) is 3.04. The summed E-state index contributed by atoms with van der Waals surface area (Å²) in [5, 5.41) is 10.6. The molecule has 0 atom stereocenters. The summed E-state index contributed by atoms with van der Waals surface area (Å²) in [5.74, 6) is 0. The van der Waals surface area contributed by atoms with Gasteiger partial charge in [0.2, 0.25) is 0 Å². The molecule has 1 heterocycles. The van der Waals surface area contributed by atoms with Crippen molar-refractivity contribution in [2.24, 2.45) is 10.2 Å². The standard InChI is InChI=1S/C20H14Cl2N4O7S2/c1-10-18(20(27)26(25-10)16-8-14(22)17(9-13(16)21)34(28,29)30)24-23-15-7-6-11-4-2-3-5-12(11)19(15)35(31,32)33/h2-9,25H,1H3,(H,28,29,30)(H,31,32,33).